The third-order valence-corrected chi connectivity index (χ3v) is 4.84. The number of carbonyl (C=O) groups is 2. The van der Waals surface area contributed by atoms with E-state index in [0.29, 0.717) is 5.92 Å². The minimum absolute atomic E-state index is 0.134. The van der Waals surface area contributed by atoms with Crippen molar-refractivity contribution in [3.05, 3.63) is 0 Å². The second kappa shape index (κ2) is 7.07. The van der Waals surface area contributed by atoms with E-state index < -0.39 is 0 Å². The maximum atomic E-state index is 12.3. The van der Waals surface area contributed by atoms with Gasteiger partial charge >= 0.3 is 0 Å². The van der Waals surface area contributed by atoms with Gasteiger partial charge in [0.2, 0.25) is 11.8 Å². The molecule has 0 aromatic rings. The lowest BCUT2D eigenvalue weighted by molar-refractivity contribution is -0.130. The summed E-state index contributed by atoms with van der Waals surface area (Å²) in [4.78, 5) is 25.4. The molecule has 1 saturated heterocycles. The molecule has 2 aliphatic rings. The summed E-state index contributed by atoms with van der Waals surface area (Å²) >= 11 is 0. The van der Waals surface area contributed by atoms with Gasteiger partial charge in [-0.2, -0.15) is 0 Å². The Morgan fingerprint density at radius 3 is 2.20 bits per heavy atom. The zero-order chi connectivity index (χ0) is 14.5. The number of nitrogens with two attached hydrogens (primary N) is 1. The maximum absolute atomic E-state index is 12.3. The van der Waals surface area contributed by atoms with Gasteiger partial charge in [-0.25, -0.2) is 0 Å². The van der Waals surface area contributed by atoms with Gasteiger partial charge in [0.25, 0.3) is 0 Å². The smallest absolute Gasteiger partial charge is 0.223 e. The molecule has 0 bridgehead atoms. The van der Waals surface area contributed by atoms with E-state index in [9.17, 15) is 9.59 Å². The average molecular weight is 281 g/mol. The van der Waals surface area contributed by atoms with Crippen LogP contribution in [-0.4, -0.2) is 42.4 Å². The molecule has 5 heteroatoms. The van der Waals surface area contributed by atoms with E-state index in [0.717, 1.165) is 58.2 Å². The monoisotopic (exact) mass is 281 g/mol. The Labute approximate surface area is 121 Å². The van der Waals surface area contributed by atoms with Gasteiger partial charge in [-0.1, -0.05) is 0 Å². The Kier molecular flexibility index (Phi) is 5.40. The first-order valence-corrected chi connectivity index (χ1v) is 7.86. The number of carbonyl (C=O) groups excluding carboxylic acids is 2. The predicted molar refractivity (Wildman–Crippen MR) is 77.9 cm³/mol. The number of rotatable bonds is 3. The van der Waals surface area contributed by atoms with E-state index in [1.54, 1.807) is 6.92 Å². The molecular formula is C15H27N3O2. The van der Waals surface area contributed by atoms with Gasteiger partial charge in [0.15, 0.2) is 0 Å². The van der Waals surface area contributed by atoms with Crippen LogP contribution in [0, 0.1) is 11.8 Å². The zero-order valence-corrected chi connectivity index (χ0v) is 12.4. The summed E-state index contributed by atoms with van der Waals surface area (Å²) in [6.07, 6.45) is 5.86. The third-order valence-electron chi connectivity index (χ3n) is 4.84. The van der Waals surface area contributed by atoms with Crippen molar-refractivity contribution >= 4 is 11.8 Å². The van der Waals surface area contributed by atoms with Gasteiger partial charge in [0.1, 0.15) is 0 Å². The topological polar surface area (TPSA) is 75.4 Å². The molecule has 1 aliphatic heterocycles. The Hall–Kier alpha value is -1.10. The molecular weight excluding hydrogens is 254 g/mol. The van der Waals surface area contributed by atoms with Crippen LogP contribution in [0.3, 0.4) is 0 Å². The van der Waals surface area contributed by atoms with Crippen LogP contribution >= 0.6 is 0 Å². The minimum atomic E-state index is 0.134. The third kappa shape index (κ3) is 3.95. The number of hydrogen-bond acceptors (Lipinski definition) is 3. The number of nitrogens with zero attached hydrogens (tertiary/aromatic N) is 1. The van der Waals surface area contributed by atoms with Crippen molar-refractivity contribution in [1.29, 1.82) is 0 Å². The van der Waals surface area contributed by atoms with Crippen LogP contribution in [0.2, 0.25) is 0 Å². The Bertz CT molecular complexity index is 343. The highest BCUT2D eigenvalue weighted by Gasteiger charge is 2.28. The Morgan fingerprint density at radius 2 is 1.70 bits per heavy atom. The molecule has 0 radical (unpaired) electrons. The molecule has 20 heavy (non-hydrogen) atoms. The summed E-state index contributed by atoms with van der Waals surface area (Å²) in [6.45, 7) is 3.88. The largest absolute Gasteiger partial charge is 0.353 e. The SMILES string of the molecule is CC(=O)N1CCC(NC(=O)C2CCC(CN)CC2)CC1. The van der Waals surface area contributed by atoms with Crippen molar-refractivity contribution in [2.24, 2.45) is 17.6 Å². The molecule has 0 atom stereocenters. The summed E-state index contributed by atoms with van der Waals surface area (Å²) in [5.74, 6) is 1.12. The van der Waals surface area contributed by atoms with Crippen LogP contribution in [-0.2, 0) is 9.59 Å². The maximum Gasteiger partial charge on any atom is 0.223 e. The first kappa shape index (κ1) is 15.3. The van der Waals surface area contributed by atoms with Crippen LogP contribution in [0.1, 0.15) is 45.4 Å². The summed E-state index contributed by atoms with van der Waals surface area (Å²) in [5, 5.41) is 3.17. The summed E-state index contributed by atoms with van der Waals surface area (Å²) in [6, 6.07) is 0.241. The molecule has 3 N–H and O–H groups in total. The van der Waals surface area contributed by atoms with E-state index in [4.69, 9.17) is 5.73 Å². The van der Waals surface area contributed by atoms with Crippen molar-refractivity contribution in [2.45, 2.75) is 51.5 Å². The van der Waals surface area contributed by atoms with Gasteiger partial charge in [0.05, 0.1) is 0 Å². The highest BCUT2D eigenvalue weighted by molar-refractivity contribution is 5.79. The number of amides is 2. The molecule has 1 heterocycles. The van der Waals surface area contributed by atoms with Crippen LogP contribution in [0.15, 0.2) is 0 Å². The first-order valence-electron chi connectivity index (χ1n) is 7.86. The quantitative estimate of drug-likeness (QED) is 0.806. The molecule has 114 valence electrons. The van der Waals surface area contributed by atoms with E-state index in [-0.39, 0.29) is 23.8 Å². The second-order valence-corrected chi connectivity index (χ2v) is 6.24. The highest BCUT2D eigenvalue weighted by atomic mass is 16.2. The predicted octanol–water partition coefficient (Wildman–Crippen LogP) is 0.879. The molecule has 0 aromatic carbocycles. The Balaban J connectivity index is 1.72. The zero-order valence-electron chi connectivity index (χ0n) is 12.4. The number of piperidine rings is 1. The van der Waals surface area contributed by atoms with Crippen molar-refractivity contribution in [2.75, 3.05) is 19.6 Å². The molecule has 0 spiro atoms. The van der Waals surface area contributed by atoms with Crippen molar-refractivity contribution in [1.82, 2.24) is 10.2 Å². The van der Waals surface area contributed by atoms with E-state index in [1.165, 1.54) is 0 Å². The normalized spacial score (nSPS) is 28.2. The highest BCUT2D eigenvalue weighted by Crippen LogP contribution is 2.28. The van der Waals surface area contributed by atoms with Gasteiger partial charge in [-0.05, 0) is 51.0 Å². The molecule has 1 saturated carbocycles. The second-order valence-electron chi connectivity index (χ2n) is 6.24. The van der Waals surface area contributed by atoms with Crippen LogP contribution < -0.4 is 11.1 Å². The van der Waals surface area contributed by atoms with Gasteiger partial charge in [-0.15, -0.1) is 0 Å². The molecule has 0 aromatic heterocycles. The molecule has 2 amide bonds. The number of likely N-dealkylation sites (tertiary alicyclic amines) is 1. The molecule has 2 fully saturated rings. The molecule has 1 aliphatic carbocycles. The Morgan fingerprint density at radius 1 is 1.10 bits per heavy atom. The fourth-order valence-corrected chi connectivity index (χ4v) is 3.32. The van der Waals surface area contributed by atoms with E-state index in [2.05, 4.69) is 5.32 Å². The van der Waals surface area contributed by atoms with Crippen molar-refractivity contribution < 1.29 is 9.59 Å². The summed E-state index contributed by atoms with van der Waals surface area (Å²) in [7, 11) is 0. The van der Waals surface area contributed by atoms with Gasteiger partial charge < -0.3 is 16.0 Å². The molecule has 0 unspecified atom stereocenters. The molecule has 5 nitrogen and oxygen atoms in total. The van der Waals surface area contributed by atoms with Crippen LogP contribution in [0.25, 0.3) is 0 Å². The lowest BCUT2D eigenvalue weighted by atomic mass is 9.81. The van der Waals surface area contributed by atoms with Crippen LogP contribution in [0.5, 0.6) is 0 Å². The fraction of sp³-hybridized carbons (Fsp3) is 0.867. The minimum Gasteiger partial charge on any atom is -0.353 e. The first-order chi connectivity index (χ1) is 9.60. The lowest BCUT2D eigenvalue weighted by Crippen LogP contribution is -2.47. The fourth-order valence-electron chi connectivity index (χ4n) is 3.32. The van der Waals surface area contributed by atoms with E-state index >= 15 is 0 Å². The van der Waals surface area contributed by atoms with Gasteiger partial charge in [-0.3, -0.25) is 9.59 Å². The van der Waals surface area contributed by atoms with Crippen LogP contribution in [0.4, 0.5) is 0 Å². The van der Waals surface area contributed by atoms with Crippen molar-refractivity contribution in [3.8, 4) is 0 Å². The molecule has 2 rings (SSSR count). The number of nitrogens with one attached hydrogen (secondary N) is 1. The standard InChI is InChI=1S/C15H27N3O2/c1-11(19)18-8-6-14(7-9-18)17-15(20)13-4-2-12(10-16)3-5-13/h12-14H,2-10,16H2,1H3,(H,17,20). The van der Waals surface area contributed by atoms with Gasteiger partial charge in [0, 0.05) is 32.0 Å². The summed E-state index contributed by atoms with van der Waals surface area (Å²) in [5.41, 5.74) is 5.68. The lowest BCUT2D eigenvalue weighted by Gasteiger charge is -2.33. The summed E-state index contributed by atoms with van der Waals surface area (Å²) < 4.78 is 0. The number of hydrogen-bond donors (Lipinski definition) is 2. The average Bonchev–Trinajstić information content (AvgIpc) is 2.48. The van der Waals surface area contributed by atoms with E-state index in [1.807, 2.05) is 4.90 Å². The van der Waals surface area contributed by atoms with Crippen molar-refractivity contribution in [3.63, 3.8) is 0 Å².